The standard InChI is InChI=1S/C10H13BrFNO3S2/c1-7(6-17(2)14)13-18(15,16)8-3-4-9(11)10(12)5-8/h3-5,7,13H,6H2,1-2H3. The Kier molecular flexibility index (Phi) is 5.45. The Bertz CT molecular complexity index is 562. The molecular weight excluding hydrogens is 345 g/mol. The van der Waals surface area contributed by atoms with Gasteiger partial charge in [-0.25, -0.2) is 17.5 Å². The van der Waals surface area contributed by atoms with Crippen LogP contribution in [0.5, 0.6) is 0 Å². The third-order valence-electron chi connectivity index (χ3n) is 2.04. The summed E-state index contributed by atoms with van der Waals surface area (Å²) in [6, 6.07) is 3.08. The van der Waals surface area contributed by atoms with Crippen LogP contribution in [-0.4, -0.2) is 30.7 Å². The third-order valence-corrected chi connectivity index (χ3v) is 5.24. The van der Waals surface area contributed by atoms with E-state index in [1.807, 2.05) is 0 Å². The Labute approximate surface area is 117 Å². The lowest BCUT2D eigenvalue weighted by atomic mass is 10.3. The van der Waals surface area contributed by atoms with Gasteiger partial charge in [-0.05, 0) is 41.1 Å². The van der Waals surface area contributed by atoms with Gasteiger partial charge in [-0.3, -0.25) is 4.21 Å². The first-order chi connectivity index (χ1) is 8.22. The maximum absolute atomic E-state index is 13.3. The second-order valence-corrected chi connectivity index (χ2v) is 7.89. The molecule has 0 fully saturated rings. The molecule has 0 heterocycles. The van der Waals surface area contributed by atoms with Crippen LogP contribution in [0.2, 0.25) is 0 Å². The molecule has 0 saturated heterocycles. The number of benzene rings is 1. The Morgan fingerprint density at radius 3 is 2.61 bits per heavy atom. The molecule has 0 saturated carbocycles. The fraction of sp³-hybridized carbons (Fsp3) is 0.400. The highest BCUT2D eigenvalue weighted by atomic mass is 79.9. The van der Waals surface area contributed by atoms with Crippen molar-refractivity contribution in [2.24, 2.45) is 0 Å². The van der Waals surface area contributed by atoms with Gasteiger partial charge < -0.3 is 0 Å². The summed E-state index contributed by atoms with van der Waals surface area (Å²) in [5.74, 6) is -0.442. The molecule has 18 heavy (non-hydrogen) atoms. The van der Waals surface area contributed by atoms with Gasteiger partial charge in [-0.15, -0.1) is 0 Å². The molecule has 0 radical (unpaired) electrons. The second kappa shape index (κ2) is 6.23. The summed E-state index contributed by atoms with van der Waals surface area (Å²) < 4.78 is 50.6. The zero-order chi connectivity index (χ0) is 13.9. The normalized spacial score (nSPS) is 15.3. The van der Waals surface area contributed by atoms with E-state index < -0.39 is 32.7 Å². The number of sulfonamides is 1. The number of halogens is 2. The molecule has 0 aromatic heterocycles. The zero-order valence-corrected chi connectivity index (χ0v) is 13.0. The number of nitrogens with one attached hydrogen (secondary N) is 1. The number of hydrogen-bond acceptors (Lipinski definition) is 3. The quantitative estimate of drug-likeness (QED) is 0.870. The van der Waals surface area contributed by atoms with Gasteiger partial charge in [0.2, 0.25) is 10.0 Å². The average molecular weight is 358 g/mol. The molecule has 1 aromatic rings. The molecule has 102 valence electrons. The van der Waals surface area contributed by atoms with E-state index in [-0.39, 0.29) is 15.1 Å². The van der Waals surface area contributed by atoms with Crippen molar-refractivity contribution in [2.45, 2.75) is 17.9 Å². The summed E-state index contributed by atoms with van der Waals surface area (Å²) in [4.78, 5) is -0.156. The van der Waals surface area contributed by atoms with Crippen molar-refractivity contribution in [1.29, 1.82) is 0 Å². The van der Waals surface area contributed by atoms with Gasteiger partial charge >= 0.3 is 0 Å². The van der Waals surface area contributed by atoms with Crippen LogP contribution in [0.15, 0.2) is 27.6 Å². The molecule has 8 heteroatoms. The topological polar surface area (TPSA) is 63.2 Å². The van der Waals surface area contributed by atoms with E-state index >= 15 is 0 Å². The van der Waals surface area contributed by atoms with Crippen LogP contribution in [0.1, 0.15) is 6.92 Å². The Morgan fingerprint density at radius 1 is 1.50 bits per heavy atom. The molecule has 0 aliphatic rings. The van der Waals surface area contributed by atoms with Crippen molar-refractivity contribution < 1.29 is 17.0 Å². The Morgan fingerprint density at radius 2 is 2.11 bits per heavy atom. The fourth-order valence-electron chi connectivity index (χ4n) is 1.36. The minimum absolute atomic E-state index is 0.156. The molecule has 1 aromatic carbocycles. The molecule has 0 spiro atoms. The minimum Gasteiger partial charge on any atom is -0.260 e. The summed E-state index contributed by atoms with van der Waals surface area (Å²) in [5, 5.41) is 0. The lowest BCUT2D eigenvalue weighted by Crippen LogP contribution is -2.36. The second-order valence-electron chi connectivity index (χ2n) is 3.84. The van der Waals surface area contributed by atoms with Crippen molar-refractivity contribution in [3.8, 4) is 0 Å². The van der Waals surface area contributed by atoms with Gasteiger partial charge in [-0.2, -0.15) is 0 Å². The number of hydrogen-bond donors (Lipinski definition) is 1. The molecule has 0 aliphatic carbocycles. The molecule has 2 atom stereocenters. The van der Waals surface area contributed by atoms with E-state index in [1.165, 1.54) is 18.4 Å². The van der Waals surface area contributed by atoms with E-state index in [2.05, 4.69) is 20.7 Å². The fourth-order valence-corrected chi connectivity index (χ4v) is 3.76. The summed E-state index contributed by atoms with van der Waals surface area (Å²) >= 11 is 2.95. The van der Waals surface area contributed by atoms with Gasteiger partial charge in [0.15, 0.2) is 0 Å². The van der Waals surface area contributed by atoms with Gasteiger partial charge in [-0.1, -0.05) is 0 Å². The van der Waals surface area contributed by atoms with Crippen LogP contribution >= 0.6 is 15.9 Å². The first-order valence-electron chi connectivity index (χ1n) is 5.00. The maximum atomic E-state index is 13.3. The SMILES string of the molecule is CC(CS(C)=O)NS(=O)(=O)c1ccc(Br)c(F)c1. The van der Waals surface area contributed by atoms with Crippen molar-refractivity contribution in [2.75, 3.05) is 12.0 Å². The van der Waals surface area contributed by atoms with E-state index in [4.69, 9.17) is 0 Å². The Hall–Kier alpha value is -0.310. The summed E-state index contributed by atoms with van der Waals surface area (Å²) in [6.07, 6.45) is 1.49. The zero-order valence-electron chi connectivity index (χ0n) is 9.81. The molecular formula is C10H13BrFNO3S2. The van der Waals surface area contributed by atoms with Crippen LogP contribution in [0.4, 0.5) is 4.39 Å². The van der Waals surface area contributed by atoms with Crippen molar-refractivity contribution in [3.63, 3.8) is 0 Å². The van der Waals surface area contributed by atoms with Crippen molar-refractivity contribution in [1.82, 2.24) is 4.72 Å². The monoisotopic (exact) mass is 357 g/mol. The summed E-state index contributed by atoms with van der Waals surface area (Å²) in [5.41, 5.74) is 0. The first kappa shape index (κ1) is 15.7. The summed E-state index contributed by atoms with van der Waals surface area (Å²) in [7, 11) is -4.89. The van der Waals surface area contributed by atoms with E-state index in [0.29, 0.717) is 0 Å². The molecule has 4 nitrogen and oxygen atoms in total. The number of rotatable bonds is 5. The van der Waals surface area contributed by atoms with Crippen molar-refractivity contribution >= 4 is 36.8 Å². The average Bonchev–Trinajstić information content (AvgIpc) is 2.19. The summed E-state index contributed by atoms with van der Waals surface area (Å²) in [6.45, 7) is 1.61. The molecule has 1 rings (SSSR count). The van der Waals surface area contributed by atoms with E-state index in [0.717, 1.165) is 6.07 Å². The van der Waals surface area contributed by atoms with Crippen LogP contribution < -0.4 is 4.72 Å². The first-order valence-corrected chi connectivity index (χ1v) is 9.00. The van der Waals surface area contributed by atoms with Crippen LogP contribution in [-0.2, 0) is 20.8 Å². The van der Waals surface area contributed by atoms with Gasteiger partial charge in [0.25, 0.3) is 0 Å². The smallest absolute Gasteiger partial charge is 0.240 e. The predicted octanol–water partition coefficient (Wildman–Crippen LogP) is 1.63. The molecule has 0 aliphatic heterocycles. The lowest BCUT2D eigenvalue weighted by molar-refractivity contribution is 0.566. The highest BCUT2D eigenvalue weighted by molar-refractivity contribution is 9.10. The van der Waals surface area contributed by atoms with Gasteiger partial charge in [0.1, 0.15) is 5.82 Å². The molecule has 1 N–H and O–H groups in total. The van der Waals surface area contributed by atoms with Gasteiger partial charge in [0.05, 0.1) is 9.37 Å². The van der Waals surface area contributed by atoms with Crippen molar-refractivity contribution in [3.05, 3.63) is 28.5 Å². The predicted molar refractivity (Wildman–Crippen MR) is 72.8 cm³/mol. The lowest BCUT2D eigenvalue weighted by Gasteiger charge is -2.13. The van der Waals surface area contributed by atoms with E-state index in [1.54, 1.807) is 6.92 Å². The maximum Gasteiger partial charge on any atom is 0.240 e. The largest absolute Gasteiger partial charge is 0.260 e. The molecule has 0 bridgehead atoms. The van der Waals surface area contributed by atoms with Gasteiger partial charge in [0, 0.05) is 28.9 Å². The molecule has 2 unspecified atom stereocenters. The highest BCUT2D eigenvalue weighted by Crippen LogP contribution is 2.19. The van der Waals surface area contributed by atoms with Crippen LogP contribution in [0.3, 0.4) is 0 Å². The minimum atomic E-state index is -3.79. The van der Waals surface area contributed by atoms with Crippen LogP contribution in [0.25, 0.3) is 0 Å². The highest BCUT2D eigenvalue weighted by Gasteiger charge is 2.19. The van der Waals surface area contributed by atoms with Crippen LogP contribution in [0, 0.1) is 5.82 Å². The van der Waals surface area contributed by atoms with E-state index in [9.17, 15) is 17.0 Å². The molecule has 0 amide bonds. The Balaban J connectivity index is 2.92. The third kappa shape index (κ3) is 4.42.